The molecule has 0 bridgehead atoms. The molecule has 30 heavy (non-hydrogen) atoms. The summed E-state index contributed by atoms with van der Waals surface area (Å²) in [4.78, 5) is 0. The molecule has 0 aliphatic carbocycles. The maximum absolute atomic E-state index is 6.47. The van der Waals surface area contributed by atoms with Crippen molar-refractivity contribution in [1.29, 1.82) is 0 Å². The summed E-state index contributed by atoms with van der Waals surface area (Å²) in [5, 5.41) is 7.14. The summed E-state index contributed by atoms with van der Waals surface area (Å²) < 4.78 is 13.1. The van der Waals surface area contributed by atoms with Gasteiger partial charge in [-0.25, -0.2) is 5.01 Å². The van der Waals surface area contributed by atoms with Crippen LogP contribution < -0.4 is 9.47 Å². The van der Waals surface area contributed by atoms with Crippen molar-refractivity contribution in [3.63, 3.8) is 0 Å². The fourth-order valence-electron chi connectivity index (χ4n) is 4.24. The Balaban J connectivity index is 1.60. The SMILES string of the molecule is CCc1ccc(C2=NN3[C@H](C2)c2ccccc2O[C@H]3c2cc(Br)ccc2OC)cc1. The van der Waals surface area contributed by atoms with Gasteiger partial charge in [-0.3, -0.25) is 0 Å². The lowest BCUT2D eigenvalue weighted by atomic mass is 9.95. The minimum Gasteiger partial charge on any atom is -0.496 e. The molecule has 0 unspecified atom stereocenters. The topological polar surface area (TPSA) is 34.1 Å². The molecule has 0 saturated heterocycles. The predicted molar refractivity (Wildman–Crippen MR) is 122 cm³/mol. The lowest BCUT2D eigenvalue weighted by molar-refractivity contribution is -0.0203. The van der Waals surface area contributed by atoms with Gasteiger partial charge in [-0.2, -0.15) is 5.10 Å². The Morgan fingerprint density at radius 2 is 1.87 bits per heavy atom. The minimum atomic E-state index is -0.357. The fraction of sp³-hybridized carbons (Fsp3) is 0.240. The molecule has 0 radical (unpaired) electrons. The van der Waals surface area contributed by atoms with Gasteiger partial charge in [-0.05, 0) is 41.8 Å². The van der Waals surface area contributed by atoms with Crippen LogP contribution in [-0.2, 0) is 6.42 Å². The Morgan fingerprint density at radius 3 is 2.63 bits per heavy atom. The van der Waals surface area contributed by atoms with Gasteiger partial charge in [-0.15, -0.1) is 0 Å². The number of para-hydroxylation sites is 1. The number of hydrogen-bond donors (Lipinski definition) is 0. The lowest BCUT2D eigenvalue weighted by Gasteiger charge is -2.38. The highest BCUT2D eigenvalue weighted by atomic mass is 79.9. The number of fused-ring (bicyclic) bond motifs is 3. The van der Waals surface area contributed by atoms with Crippen LogP contribution in [0, 0.1) is 0 Å². The van der Waals surface area contributed by atoms with Gasteiger partial charge < -0.3 is 9.47 Å². The molecule has 5 rings (SSSR count). The summed E-state index contributed by atoms with van der Waals surface area (Å²) in [7, 11) is 1.69. The van der Waals surface area contributed by atoms with E-state index in [1.165, 1.54) is 16.7 Å². The molecule has 2 aliphatic heterocycles. The molecule has 2 atom stereocenters. The normalized spacial score (nSPS) is 19.6. The van der Waals surface area contributed by atoms with Crippen molar-refractivity contribution >= 4 is 21.6 Å². The van der Waals surface area contributed by atoms with Gasteiger partial charge >= 0.3 is 0 Å². The third kappa shape index (κ3) is 3.27. The molecular formula is C25H23BrN2O2. The molecular weight excluding hydrogens is 440 g/mol. The predicted octanol–water partition coefficient (Wildman–Crippen LogP) is 6.26. The second kappa shape index (κ2) is 7.80. The molecule has 0 spiro atoms. The monoisotopic (exact) mass is 462 g/mol. The molecule has 3 aromatic rings. The molecule has 152 valence electrons. The Morgan fingerprint density at radius 1 is 1.07 bits per heavy atom. The van der Waals surface area contributed by atoms with E-state index in [-0.39, 0.29) is 12.3 Å². The third-order valence-electron chi connectivity index (χ3n) is 5.85. The summed E-state index contributed by atoms with van der Waals surface area (Å²) in [6.45, 7) is 2.17. The standard InChI is InChI=1S/C25H23BrN2O2/c1-3-16-8-10-17(11-9-16)21-15-22-19-6-4-5-7-24(19)30-25(28(22)27-21)20-14-18(26)12-13-23(20)29-2/h4-14,22,25H,3,15H2,1-2H3/t22-,25+/m1/s1. The van der Waals surface area contributed by atoms with Crippen LogP contribution >= 0.6 is 15.9 Å². The van der Waals surface area contributed by atoms with Crippen molar-refractivity contribution in [2.24, 2.45) is 5.10 Å². The van der Waals surface area contributed by atoms with Crippen molar-refractivity contribution in [1.82, 2.24) is 5.01 Å². The zero-order valence-corrected chi connectivity index (χ0v) is 18.6. The Labute approximate surface area is 185 Å². The van der Waals surface area contributed by atoms with Crippen LogP contribution in [0.5, 0.6) is 11.5 Å². The summed E-state index contributed by atoms with van der Waals surface area (Å²) in [5.74, 6) is 1.70. The number of hydrogen-bond acceptors (Lipinski definition) is 4. The van der Waals surface area contributed by atoms with E-state index in [4.69, 9.17) is 14.6 Å². The average Bonchev–Trinajstić information content (AvgIpc) is 3.24. The number of methoxy groups -OCH3 is 1. The van der Waals surface area contributed by atoms with Crippen LogP contribution in [0.2, 0.25) is 0 Å². The quantitative estimate of drug-likeness (QED) is 0.458. The number of hydrazone groups is 1. The van der Waals surface area contributed by atoms with E-state index in [1.807, 2.05) is 24.3 Å². The van der Waals surface area contributed by atoms with Crippen molar-refractivity contribution in [3.05, 3.63) is 93.5 Å². The van der Waals surface area contributed by atoms with E-state index >= 15 is 0 Å². The van der Waals surface area contributed by atoms with E-state index in [1.54, 1.807) is 7.11 Å². The smallest absolute Gasteiger partial charge is 0.217 e. The van der Waals surface area contributed by atoms with Gasteiger partial charge in [0.1, 0.15) is 11.5 Å². The second-order valence-corrected chi connectivity index (χ2v) is 8.51. The third-order valence-corrected chi connectivity index (χ3v) is 6.35. The number of benzene rings is 3. The summed E-state index contributed by atoms with van der Waals surface area (Å²) in [5.41, 5.74) is 5.71. The zero-order valence-electron chi connectivity index (χ0n) is 17.0. The van der Waals surface area contributed by atoms with Crippen LogP contribution in [0.25, 0.3) is 0 Å². The van der Waals surface area contributed by atoms with Gasteiger partial charge in [-0.1, -0.05) is 65.3 Å². The molecule has 0 N–H and O–H groups in total. The number of nitrogens with zero attached hydrogens (tertiary/aromatic N) is 2. The highest BCUT2D eigenvalue weighted by Crippen LogP contribution is 2.49. The number of ether oxygens (including phenoxy) is 2. The lowest BCUT2D eigenvalue weighted by Crippen LogP contribution is -2.33. The summed E-state index contributed by atoms with van der Waals surface area (Å²) >= 11 is 3.59. The Bertz CT molecular complexity index is 1110. The van der Waals surface area contributed by atoms with Crippen LogP contribution in [0.4, 0.5) is 0 Å². The largest absolute Gasteiger partial charge is 0.496 e. The molecule has 3 aromatic carbocycles. The van der Waals surface area contributed by atoms with Gasteiger partial charge in [0.2, 0.25) is 6.23 Å². The van der Waals surface area contributed by atoms with E-state index in [0.717, 1.165) is 40.1 Å². The van der Waals surface area contributed by atoms with E-state index in [2.05, 4.69) is 70.3 Å². The van der Waals surface area contributed by atoms with Crippen LogP contribution in [0.3, 0.4) is 0 Å². The van der Waals surface area contributed by atoms with E-state index in [9.17, 15) is 0 Å². The first-order valence-corrected chi connectivity index (χ1v) is 11.0. The minimum absolute atomic E-state index is 0.129. The van der Waals surface area contributed by atoms with Crippen molar-refractivity contribution in [2.45, 2.75) is 32.0 Å². The first-order valence-electron chi connectivity index (χ1n) is 10.2. The molecule has 4 nitrogen and oxygen atoms in total. The van der Waals surface area contributed by atoms with Crippen molar-refractivity contribution in [2.75, 3.05) is 7.11 Å². The molecule has 0 saturated carbocycles. The van der Waals surface area contributed by atoms with Gasteiger partial charge in [0, 0.05) is 16.5 Å². The maximum Gasteiger partial charge on any atom is 0.217 e. The molecule has 0 fully saturated rings. The Kier molecular flexibility index (Phi) is 4.99. The fourth-order valence-corrected chi connectivity index (χ4v) is 4.62. The van der Waals surface area contributed by atoms with E-state index in [0.29, 0.717) is 0 Å². The van der Waals surface area contributed by atoms with Crippen LogP contribution in [0.15, 0.2) is 76.3 Å². The van der Waals surface area contributed by atoms with Crippen LogP contribution in [-0.4, -0.2) is 17.8 Å². The van der Waals surface area contributed by atoms with Crippen LogP contribution in [0.1, 0.15) is 47.9 Å². The van der Waals surface area contributed by atoms with Crippen molar-refractivity contribution < 1.29 is 9.47 Å². The van der Waals surface area contributed by atoms with Gasteiger partial charge in [0.15, 0.2) is 0 Å². The summed E-state index contributed by atoms with van der Waals surface area (Å²) in [6.07, 6.45) is 1.52. The average molecular weight is 463 g/mol. The molecule has 2 heterocycles. The number of rotatable bonds is 4. The Hall–Kier alpha value is -2.79. The molecule has 2 aliphatic rings. The number of aryl methyl sites for hydroxylation is 1. The highest BCUT2D eigenvalue weighted by Gasteiger charge is 2.41. The second-order valence-electron chi connectivity index (χ2n) is 7.59. The zero-order chi connectivity index (χ0) is 20.7. The van der Waals surface area contributed by atoms with Crippen molar-refractivity contribution in [3.8, 4) is 11.5 Å². The first-order chi connectivity index (χ1) is 14.7. The number of halogens is 1. The van der Waals surface area contributed by atoms with E-state index < -0.39 is 0 Å². The first kappa shape index (κ1) is 19.2. The maximum atomic E-state index is 6.47. The van der Waals surface area contributed by atoms with Gasteiger partial charge in [0.25, 0.3) is 0 Å². The molecule has 0 aromatic heterocycles. The molecule has 0 amide bonds. The van der Waals surface area contributed by atoms with Gasteiger partial charge in [0.05, 0.1) is 24.4 Å². The molecule has 5 heteroatoms. The summed E-state index contributed by atoms with van der Waals surface area (Å²) in [6, 6.07) is 23.1. The highest BCUT2D eigenvalue weighted by molar-refractivity contribution is 9.10.